The van der Waals surface area contributed by atoms with Crippen LogP contribution in [0, 0.1) is 11.3 Å². The van der Waals surface area contributed by atoms with Crippen molar-refractivity contribution >= 4 is 15.9 Å². The van der Waals surface area contributed by atoms with Crippen LogP contribution in [0.5, 0.6) is 5.75 Å². The summed E-state index contributed by atoms with van der Waals surface area (Å²) in [5.74, 6) is 1.20. The number of benzene rings is 1. The highest BCUT2D eigenvalue weighted by Gasteiger charge is 2.18. The second-order valence-electron chi connectivity index (χ2n) is 3.67. The van der Waals surface area contributed by atoms with E-state index in [1.54, 1.807) is 7.11 Å². The number of hydrogen-bond donors (Lipinski definition) is 0. The maximum absolute atomic E-state index is 8.87. The van der Waals surface area contributed by atoms with Crippen LogP contribution >= 0.6 is 15.9 Å². The molecule has 2 aromatic rings. The van der Waals surface area contributed by atoms with E-state index in [1.165, 1.54) is 0 Å². The normalized spacial score (nSPS) is 10.1. The molecule has 0 amide bonds. The smallest absolute Gasteiger partial charge is 0.198 e. The molecule has 1 heterocycles. The molecule has 0 fully saturated rings. The van der Waals surface area contributed by atoms with Gasteiger partial charge in [-0.2, -0.15) is 5.26 Å². The monoisotopic (exact) mass is 306 g/mol. The molecule has 0 aliphatic carbocycles. The van der Waals surface area contributed by atoms with E-state index in [0.717, 1.165) is 17.5 Å². The minimum atomic E-state index is 0.231. The van der Waals surface area contributed by atoms with Crippen molar-refractivity contribution in [2.75, 3.05) is 7.11 Å². The molecule has 0 radical (unpaired) electrons. The third-order valence-electron chi connectivity index (χ3n) is 2.66. The van der Waals surface area contributed by atoms with Crippen LogP contribution in [0.3, 0.4) is 0 Å². The highest BCUT2D eigenvalue weighted by molar-refractivity contribution is 9.10. The zero-order valence-electron chi connectivity index (χ0n) is 10.0. The fourth-order valence-corrected chi connectivity index (χ4v) is 2.12. The van der Waals surface area contributed by atoms with Crippen LogP contribution in [0.1, 0.15) is 18.2 Å². The average molecular weight is 307 g/mol. The van der Waals surface area contributed by atoms with Gasteiger partial charge in [0.15, 0.2) is 11.5 Å². The minimum Gasteiger partial charge on any atom is -0.496 e. The molecule has 4 nitrogen and oxygen atoms in total. The number of aryl methyl sites for hydroxylation is 1. The van der Waals surface area contributed by atoms with Gasteiger partial charge in [0.25, 0.3) is 0 Å². The Kier molecular flexibility index (Phi) is 3.68. The summed E-state index contributed by atoms with van der Waals surface area (Å²) < 4.78 is 11.1. The second kappa shape index (κ2) is 5.23. The first-order chi connectivity index (χ1) is 8.71. The molecule has 0 saturated heterocycles. The van der Waals surface area contributed by atoms with Crippen LogP contribution in [-0.4, -0.2) is 12.3 Å². The Labute approximate surface area is 113 Å². The van der Waals surface area contributed by atoms with E-state index < -0.39 is 0 Å². The molecule has 5 heteroatoms. The molecule has 0 aliphatic heterocycles. The number of nitrogens with zero attached hydrogens (tertiary/aromatic N) is 2. The third kappa shape index (κ3) is 2.12. The van der Waals surface area contributed by atoms with Gasteiger partial charge in [-0.25, -0.2) is 0 Å². The highest BCUT2D eigenvalue weighted by Crippen LogP contribution is 2.37. The van der Waals surface area contributed by atoms with Crippen molar-refractivity contribution in [3.8, 4) is 23.1 Å². The molecular formula is C13H11BrN2O2. The summed E-state index contributed by atoms with van der Waals surface area (Å²) in [6.07, 6.45) is 0.911. The van der Waals surface area contributed by atoms with Gasteiger partial charge in [-0.15, -0.1) is 0 Å². The Bertz CT molecular complexity index is 614. The van der Waals surface area contributed by atoms with Crippen LogP contribution in [0.15, 0.2) is 27.2 Å². The Morgan fingerprint density at radius 3 is 2.83 bits per heavy atom. The van der Waals surface area contributed by atoms with Crippen molar-refractivity contribution in [2.45, 2.75) is 13.3 Å². The van der Waals surface area contributed by atoms with Gasteiger partial charge < -0.3 is 9.26 Å². The summed E-state index contributed by atoms with van der Waals surface area (Å²) in [5.41, 5.74) is 2.18. The van der Waals surface area contributed by atoms with Gasteiger partial charge in [-0.3, -0.25) is 0 Å². The van der Waals surface area contributed by atoms with Gasteiger partial charge in [0, 0.05) is 0 Å². The molecule has 0 unspecified atom stereocenters. The van der Waals surface area contributed by atoms with Crippen molar-refractivity contribution in [2.24, 2.45) is 0 Å². The molecule has 1 aromatic carbocycles. The van der Waals surface area contributed by atoms with Crippen LogP contribution in [-0.2, 0) is 6.42 Å². The number of ether oxygens (including phenoxy) is 1. The van der Waals surface area contributed by atoms with Gasteiger partial charge in [-0.1, -0.05) is 18.1 Å². The number of halogens is 1. The molecule has 0 atom stereocenters. The Hall–Kier alpha value is -1.80. The first-order valence-corrected chi connectivity index (χ1v) is 6.23. The summed E-state index contributed by atoms with van der Waals surface area (Å²) in [6.45, 7) is 2.07. The van der Waals surface area contributed by atoms with Crippen LogP contribution in [0.4, 0.5) is 0 Å². The summed E-state index contributed by atoms with van der Waals surface area (Å²) in [7, 11) is 1.60. The SMILES string of the molecule is CCc1ccc(OC)c(-c2onc(C#N)c2Br)c1. The van der Waals surface area contributed by atoms with Gasteiger partial charge in [0.2, 0.25) is 0 Å². The Morgan fingerprint density at radius 2 is 2.28 bits per heavy atom. The van der Waals surface area contributed by atoms with E-state index in [0.29, 0.717) is 16.0 Å². The second-order valence-corrected chi connectivity index (χ2v) is 4.47. The van der Waals surface area contributed by atoms with Crippen molar-refractivity contribution in [3.05, 3.63) is 33.9 Å². The fourth-order valence-electron chi connectivity index (χ4n) is 1.67. The number of hydrogen-bond acceptors (Lipinski definition) is 4. The van der Waals surface area contributed by atoms with Crippen molar-refractivity contribution in [1.29, 1.82) is 5.26 Å². The van der Waals surface area contributed by atoms with E-state index in [1.807, 2.05) is 24.3 Å². The molecule has 2 rings (SSSR count). The number of nitriles is 1. The molecule has 0 aliphatic rings. The molecule has 0 saturated carbocycles. The molecule has 1 aromatic heterocycles. The number of rotatable bonds is 3. The lowest BCUT2D eigenvalue weighted by Gasteiger charge is -2.07. The van der Waals surface area contributed by atoms with E-state index in [2.05, 4.69) is 28.0 Å². The van der Waals surface area contributed by atoms with Crippen LogP contribution in [0.2, 0.25) is 0 Å². The topological polar surface area (TPSA) is 59.1 Å². The van der Waals surface area contributed by atoms with Gasteiger partial charge >= 0.3 is 0 Å². The number of aromatic nitrogens is 1. The minimum absolute atomic E-state index is 0.231. The van der Waals surface area contributed by atoms with Crippen molar-refractivity contribution in [1.82, 2.24) is 5.16 Å². The lowest BCUT2D eigenvalue weighted by atomic mass is 10.1. The van der Waals surface area contributed by atoms with E-state index >= 15 is 0 Å². The van der Waals surface area contributed by atoms with E-state index in [-0.39, 0.29) is 5.69 Å². The molecular weight excluding hydrogens is 296 g/mol. The predicted octanol–water partition coefficient (Wildman–Crippen LogP) is 3.55. The zero-order chi connectivity index (χ0) is 13.1. The van der Waals surface area contributed by atoms with Crippen molar-refractivity contribution in [3.63, 3.8) is 0 Å². The lowest BCUT2D eigenvalue weighted by molar-refractivity contribution is 0.405. The van der Waals surface area contributed by atoms with E-state index in [9.17, 15) is 0 Å². The Balaban J connectivity index is 2.61. The summed E-state index contributed by atoms with van der Waals surface area (Å²) in [4.78, 5) is 0. The Morgan fingerprint density at radius 1 is 1.50 bits per heavy atom. The molecule has 0 bridgehead atoms. The maximum Gasteiger partial charge on any atom is 0.198 e. The third-order valence-corrected chi connectivity index (χ3v) is 3.39. The molecule has 92 valence electrons. The summed E-state index contributed by atoms with van der Waals surface area (Å²) in [6, 6.07) is 7.82. The van der Waals surface area contributed by atoms with Gasteiger partial charge in [-0.05, 0) is 40.0 Å². The largest absolute Gasteiger partial charge is 0.496 e. The van der Waals surface area contributed by atoms with Gasteiger partial charge in [0.05, 0.1) is 12.7 Å². The fraction of sp³-hybridized carbons (Fsp3) is 0.231. The average Bonchev–Trinajstić information content (AvgIpc) is 2.78. The van der Waals surface area contributed by atoms with Crippen molar-refractivity contribution < 1.29 is 9.26 Å². The zero-order valence-corrected chi connectivity index (χ0v) is 11.6. The summed E-state index contributed by atoms with van der Waals surface area (Å²) >= 11 is 3.32. The highest BCUT2D eigenvalue weighted by atomic mass is 79.9. The summed E-state index contributed by atoms with van der Waals surface area (Å²) in [5, 5.41) is 12.6. The molecule has 18 heavy (non-hydrogen) atoms. The predicted molar refractivity (Wildman–Crippen MR) is 70.3 cm³/mol. The maximum atomic E-state index is 8.87. The van der Waals surface area contributed by atoms with Crippen LogP contribution in [0.25, 0.3) is 11.3 Å². The first-order valence-electron chi connectivity index (χ1n) is 5.43. The van der Waals surface area contributed by atoms with Gasteiger partial charge in [0.1, 0.15) is 16.3 Å². The molecule has 0 N–H and O–H groups in total. The van der Waals surface area contributed by atoms with Crippen LogP contribution < -0.4 is 4.74 Å². The molecule has 0 spiro atoms. The quantitative estimate of drug-likeness (QED) is 0.870. The van der Waals surface area contributed by atoms with E-state index in [4.69, 9.17) is 14.5 Å². The lowest BCUT2D eigenvalue weighted by Crippen LogP contribution is -1.90. The first kappa shape index (κ1) is 12.7. The number of methoxy groups -OCH3 is 1. The standard InChI is InChI=1S/C13H11BrN2O2/c1-3-8-4-5-11(17-2)9(6-8)13-12(14)10(7-15)16-18-13/h4-6H,3H2,1-2H3.